The van der Waals surface area contributed by atoms with Crippen molar-refractivity contribution >= 4 is 11.8 Å². The lowest BCUT2D eigenvalue weighted by Gasteiger charge is -2.32. The van der Waals surface area contributed by atoms with E-state index in [0.717, 1.165) is 45.2 Å². The molecule has 1 heterocycles. The standard InChI is InChI=1S/C14H27N3O2/c1-2-5-13(18)16-12-7-10-17(11-8-12)14(19)6-3-4-9-15/h12H,2-11,15H2,1H3,(H,16,18). The Morgan fingerprint density at radius 2 is 1.89 bits per heavy atom. The van der Waals surface area contributed by atoms with Gasteiger partial charge in [-0.15, -0.1) is 0 Å². The highest BCUT2D eigenvalue weighted by atomic mass is 16.2. The van der Waals surface area contributed by atoms with Crippen LogP contribution in [0.4, 0.5) is 0 Å². The zero-order valence-corrected chi connectivity index (χ0v) is 12.0. The molecule has 0 aliphatic carbocycles. The molecule has 0 unspecified atom stereocenters. The number of nitrogens with zero attached hydrogens (tertiary/aromatic N) is 1. The average Bonchev–Trinajstić information content (AvgIpc) is 2.40. The van der Waals surface area contributed by atoms with Crippen LogP contribution in [0.1, 0.15) is 51.9 Å². The molecule has 110 valence electrons. The fourth-order valence-corrected chi connectivity index (χ4v) is 2.38. The second-order valence-corrected chi connectivity index (χ2v) is 5.22. The van der Waals surface area contributed by atoms with Crippen LogP contribution in [0.3, 0.4) is 0 Å². The molecule has 0 saturated carbocycles. The molecule has 3 N–H and O–H groups in total. The van der Waals surface area contributed by atoms with Gasteiger partial charge < -0.3 is 16.0 Å². The van der Waals surface area contributed by atoms with Gasteiger partial charge in [-0.3, -0.25) is 9.59 Å². The summed E-state index contributed by atoms with van der Waals surface area (Å²) < 4.78 is 0. The van der Waals surface area contributed by atoms with Crippen LogP contribution in [0, 0.1) is 0 Å². The van der Waals surface area contributed by atoms with Crippen LogP contribution in [-0.4, -0.2) is 42.4 Å². The van der Waals surface area contributed by atoms with E-state index in [1.54, 1.807) is 0 Å². The molecule has 0 aromatic rings. The van der Waals surface area contributed by atoms with Crippen LogP contribution in [0.5, 0.6) is 0 Å². The molecule has 5 heteroatoms. The number of likely N-dealkylation sites (tertiary alicyclic amines) is 1. The predicted octanol–water partition coefficient (Wildman–Crippen LogP) is 1.02. The fraction of sp³-hybridized carbons (Fsp3) is 0.857. The second kappa shape index (κ2) is 8.91. The van der Waals surface area contributed by atoms with Crippen molar-refractivity contribution in [3.63, 3.8) is 0 Å². The number of nitrogens with one attached hydrogen (secondary N) is 1. The molecule has 1 rings (SSSR count). The first kappa shape index (κ1) is 16.0. The van der Waals surface area contributed by atoms with E-state index in [1.165, 1.54) is 0 Å². The van der Waals surface area contributed by atoms with E-state index in [2.05, 4.69) is 5.32 Å². The monoisotopic (exact) mass is 269 g/mol. The summed E-state index contributed by atoms with van der Waals surface area (Å²) in [5.74, 6) is 0.363. The number of rotatable bonds is 7. The predicted molar refractivity (Wildman–Crippen MR) is 75.6 cm³/mol. The van der Waals surface area contributed by atoms with Gasteiger partial charge in [0.05, 0.1) is 0 Å². The van der Waals surface area contributed by atoms with Gasteiger partial charge in [0, 0.05) is 32.0 Å². The molecule has 0 radical (unpaired) electrons. The third-order valence-corrected chi connectivity index (χ3v) is 3.53. The molecule has 0 bridgehead atoms. The minimum absolute atomic E-state index is 0.134. The topological polar surface area (TPSA) is 75.4 Å². The van der Waals surface area contributed by atoms with Gasteiger partial charge in [-0.1, -0.05) is 6.92 Å². The summed E-state index contributed by atoms with van der Waals surface area (Å²) in [6.07, 6.45) is 5.61. The van der Waals surface area contributed by atoms with Gasteiger partial charge in [0.1, 0.15) is 0 Å². The van der Waals surface area contributed by atoms with Crippen molar-refractivity contribution in [3.05, 3.63) is 0 Å². The highest BCUT2D eigenvalue weighted by Crippen LogP contribution is 2.12. The number of unbranched alkanes of at least 4 members (excludes halogenated alkanes) is 1. The summed E-state index contributed by atoms with van der Waals surface area (Å²) in [4.78, 5) is 25.3. The van der Waals surface area contributed by atoms with E-state index in [4.69, 9.17) is 5.73 Å². The Hall–Kier alpha value is -1.10. The third kappa shape index (κ3) is 6.05. The molecule has 1 aliphatic heterocycles. The Bertz CT molecular complexity index is 286. The van der Waals surface area contributed by atoms with Crippen LogP contribution in [0.25, 0.3) is 0 Å². The van der Waals surface area contributed by atoms with Crippen molar-refractivity contribution in [2.45, 2.75) is 57.9 Å². The molecule has 1 fully saturated rings. The smallest absolute Gasteiger partial charge is 0.222 e. The molecule has 0 aromatic carbocycles. The van der Waals surface area contributed by atoms with E-state index in [0.29, 0.717) is 19.4 Å². The lowest BCUT2D eigenvalue weighted by Crippen LogP contribution is -2.46. The summed E-state index contributed by atoms with van der Waals surface area (Å²) in [5.41, 5.74) is 5.42. The van der Waals surface area contributed by atoms with Crippen molar-refractivity contribution in [1.29, 1.82) is 0 Å². The maximum atomic E-state index is 11.9. The number of piperidine rings is 1. The quantitative estimate of drug-likeness (QED) is 0.678. The summed E-state index contributed by atoms with van der Waals surface area (Å²) >= 11 is 0. The normalized spacial score (nSPS) is 16.4. The number of hydrogen-bond acceptors (Lipinski definition) is 3. The maximum absolute atomic E-state index is 11.9. The number of hydrogen-bond donors (Lipinski definition) is 2. The Morgan fingerprint density at radius 1 is 1.21 bits per heavy atom. The van der Waals surface area contributed by atoms with E-state index in [9.17, 15) is 9.59 Å². The molecule has 0 spiro atoms. The number of carbonyl (C=O) groups is 2. The van der Waals surface area contributed by atoms with Crippen molar-refractivity contribution in [2.75, 3.05) is 19.6 Å². The van der Waals surface area contributed by atoms with Crippen molar-refractivity contribution < 1.29 is 9.59 Å². The molecule has 1 saturated heterocycles. The first-order valence-corrected chi connectivity index (χ1v) is 7.44. The van der Waals surface area contributed by atoms with E-state index in [1.807, 2.05) is 11.8 Å². The van der Waals surface area contributed by atoms with Gasteiger partial charge in [0.2, 0.25) is 11.8 Å². The highest BCUT2D eigenvalue weighted by Gasteiger charge is 2.23. The summed E-state index contributed by atoms with van der Waals surface area (Å²) in [6.45, 7) is 4.18. The molecule has 0 atom stereocenters. The zero-order chi connectivity index (χ0) is 14.1. The van der Waals surface area contributed by atoms with Gasteiger partial charge in [0.25, 0.3) is 0 Å². The molecule has 19 heavy (non-hydrogen) atoms. The van der Waals surface area contributed by atoms with Crippen LogP contribution in [0.2, 0.25) is 0 Å². The first-order valence-electron chi connectivity index (χ1n) is 7.44. The molecule has 2 amide bonds. The largest absolute Gasteiger partial charge is 0.353 e. The molecule has 1 aliphatic rings. The van der Waals surface area contributed by atoms with E-state index in [-0.39, 0.29) is 17.9 Å². The minimum Gasteiger partial charge on any atom is -0.353 e. The SMILES string of the molecule is CCCC(=O)NC1CCN(C(=O)CCCCN)CC1. The van der Waals surface area contributed by atoms with Crippen molar-refractivity contribution in [3.8, 4) is 0 Å². The van der Waals surface area contributed by atoms with Gasteiger partial charge in [-0.25, -0.2) is 0 Å². The van der Waals surface area contributed by atoms with Crippen LogP contribution >= 0.6 is 0 Å². The average molecular weight is 269 g/mol. The molecule has 5 nitrogen and oxygen atoms in total. The van der Waals surface area contributed by atoms with E-state index < -0.39 is 0 Å². The van der Waals surface area contributed by atoms with Gasteiger partial charge in [0.15, 0.2) is 0 Å². The third-order valence-electron chi connectivity index (χ3n) is 3.53. The lowest BCUT2D eigenvalue weighted by atomic mass is 10.0. The van der Waals surface area contributed by atoms with Gasteiger partial charge >= 0.3 is 0 Å². The summed E-state index contributed by atoms with van der Waals surface area (Å²) in [7, 11) is 0. The summed E-state index contributed by atoms with van der Waals surface area (Å²) in [6, 6.07) is 0.243. The second-order valence-electron chi connectivity index (χ2n) is 5.22. The van der Waals surface area contributed by atoms with Crippen LogP contribution in [-0.2, 0) is 9.59 Å². The molecular weight excluding hydrogens is 242 g/mol. The zero-order valence-electron chi connectivity index (χ0n) is 12.0. The molecule has 0 aromatic heterocycles. The van der Waals surface area contributed by atoms with Crippen molar-refractivity contribution in [2.24, 2.45) is 5.73 Å². The Morgan fingerprint density at radius 3 is 2.47 bits per heavy atom. The first-order chi connectivity index (χ1) is 9.17. The van der Waals surface area contributed by atoms with Gasteiger partial charge in [-0.05, 0) is 38.6 Å². The Kier molecular flexibility index (Phi) is 7.48. The highest BCUT2D eigenvalue weighted by molar-refractivity contribution is 5.77. The number of nitrogens with two attached hydrogens (primary N) is 1. The van der Waals surface area contributed by atoms with Crippen LogP contribution in [0.15, 0.2) is 0 Å². The van der Waals surface area contributed by atoms with Crippen LogP contribution < -0.4 is 11.1 Å². The number of amides is 2. The Labute approximate surface area is 115 Å². The maximum Gasteiger partial charge on any atom is 0.222 e. The summed E-state index contributed by atoms with van der Waals surface area (Å²) in [5, 5.41) is 3.04. The minimum atomic E-state index is 0.134. The van der Waals surface area contributed by atoms with Gasteiger partial charge in [-0.2, -0.15) is 0 Å². The molecular formula is C14H27N3O2. The fourth-order valence-electron chi connectivity index (χ4n) is 2.38. The lowest BCUT2D eigenvalue weighted by molar-refractivity contribution is -0.132. The van der Waals surface area contributed by atoms with Crippen molar-refractivity contribution in [1.82, 2.24) is 10.2 Å². The Balaban J connectivity index is 2.21. The van der Waals surface area contributed by atoms with E-state index >= 15 is 0 Å². The number of carbonyl (C=O) groups excluding carboxylic acids is 2.